The lowest BCUT2D eigenvalue weighted by molar-refractivity contribution is -0.159. The van der Waals surface area contributed by atoms with E-state index in [2.05, 4.69) is 4.74 Å². The van der Waals surface area contributed by atoms with Crippen molar-refractivity contribution in [2.24, 2.45) is 0 Å². The Morgan fingerprint density at radius 1 is 1.33 bits per heavy atom. The zero-order valence-corrected chi connectivity index (χ0v) is 7.28. The zero-order chi connectivity index (χ0) is 9.40. The molecule has 0 amide bonds. The first-order valence-electron chi connectivity index (χ1n) is 3.79. The van der Waals surface area contributed by atoms with Crippen LogP contribution in [0, 0.1) is 0 Å². The first-order valence-corrected chi connectivity index (χ1v) is 3.79. The number of carboxylic acid groups (broad SMARTS) is 1. The van der Waals surface area contributed by atoms with Crippen LogP contribution >= 0.6 is 0 Å². The van der Waals surface area contributed by atoms with Crippen molar-refractivity contribution < 1.29 is 24.1 Å². The minimum atomic E-state index is -1.32. The molecule has 5 heteroatoms. The van der Waals surface area contributed by atoms with Gasteiger partial charge < -0.3 is 19.3 Å². The maximum atomic E-state index is 9.98. The molecule has 0 radical (unpaired) electrons. The quantitative estimate of drug-likeness (QED) is 0.487. The van der Waals surface area contributed by atoms with Gasteiger partial charge in [0.25, 0.3) is 0 Å². The molecule has 12 heavy (non-hydrogen) atoms. The maximum Gasteiger partial charge on any atom is 0.505 e. The molecule has 0 aliphatic heterocycles. The Bertz CT molecular complexity index is 119. The second-order valence-electron chi connectivity index (χ2n) is 1.92. The van der Waals surface area contributed by atoms with Gasteiger partial charge >= 0.3 is 6.16 Å². The van der Waals surface area contributed by atoms with E-state index in [1.54, 1.807) is 13.8 Å². The van der Waals surface area contributed by atoms with E-state index in [4.69, 9.17) is 14.6 Å². The van der Waals surface area contributed by atoms with Crippen molar-refractivity contribution in [2.45, 2.75) is 20.1 Å². The Morgan fingerprint density at radius 2 is 1.83 bits per heavy atom. The van der Waals surface area contributed by atoms with Gasteiger partial charge in [-0.3, -0.25) is 0 Å². The van der Waals surface area contributed by atoms with Gasteiger partial charge in [0, 0.05) is 13.2 Å². The topological polar surface area (TPSA) is 65.0 Å². The minimum Gasteiger partial charge on any atom is -0.450 e. The monoisotopic (exact) mass is 178 g/mol. The van der Waals surface area contributed by atoms with E-state index in [1.165, 1.54) is 0 Å². The predicted molar refractivity (Wildman–Crippen MR) is 41.0 cm³/mol. The van der Waals surface area contributed by atoms with Gasteiger partial charge in [-0.1, -0.05) is 0 Å². The van der Waals surface area contributed by atoms with Crippen molar-refractivity contribution in [3.63, 3.8) is 0 Å². The van der Waals surface area contributed by atoms with Gasteiger partial charge in [-0.25, -0.2) is 4.79 Å². The van der Waals surface area contributed by atoms with E-state index < -0.39 is 12.4 Å². The molecule has 0 aromatic rings. The largest absolute Gasteiger partial charge is 0.505 e. The summed E-state index contributed by atoms with van der Waals surface area (Å²) >= 11 is 0. The normalized spacial score (nSPS) is 10.2. The van der Waals surface area contributed by atoms with Crippen LogP contribution < -0.4 is 0 Å². The molecule has 0 aromatic carbocycles. The van der Waals surface area contributed by atoms with E-state index in [0.29, 0.717) is 13.2 Å². The second kappa shape index (κ2) is 6.87. The average Bonchev–Trinajstić information content (AvgIpc) is 2.01. The van der Waals surface area contributed by atoms with Crippen LogP contribution in [0.3, 0.4) is 0 Å². The van der Waals surface area contributed by atoms with Gasteiger partial charge in [0.1, 0.15) is 6.61 Å². The summed E-state index contributed by atoms with van der Waals surface area (Å²) < 4.78 is 14.3. The van der Waals surface area contributed by atoms with Crippen LogP contribution in [-0.4, -0.2) is 37.4 Å². The summed E-state index contributed by atoms with van der Waals surface area (Å²) in [4.78, 5) is 9.98. The van der Waals surface area contributed by atoms with E-state index in [9.17, 15) is 4.79 Å². The first-order chi connectivity index (χ1) is 5.70. The van der Waals surface area contributed by atoms with E-state index in [-0.39, 0.29) is 6.61 Å². The third-order valence-corrected chi connectivity index (χ3v) is 1.05. The van der Waals surface area contributed by atoms with Crippen molar-refractivity contribution in [1.29, 1.82) is 0 Å². The molecule has 0 saturated heterocycles. The number of carbonyl (C=O) groups is 1. The highest BCUT2D eigenvalue weighted by atomic mass is 16.7. The molecule has 0 saturated carbocycles. The molecular formula is C7H14O5. The standard InChI is InChI=1S/C7H14O5/c1-3-10-6(11-4-2)5-12-7(8)9/h6H,3-5H2,1-2H3,(H,8,9). The molecule has 0 fully saturated rings. The average molecular weight is 178 g/mol. The van der Waals surface area contributed by atoms with Crippen molar-refractivity contribution in [3.05, 3.63) is 0 Å². The van der Waals surface area contributed by atoms with Crippen LogP contribution in [0.1, 0.15) is 13.8 Å². The lowest BCUT2D eigenvalue weighted by Crippen LogP contribution is -2.24. The Hall–Kier alpha value is -0.810. The Kier molecular flexibility index (Phi) is 6.41. The molecule has 0 aliphatic carbocycles. The highest BCUT2D eigenvalue weighted by Crippen LogP contribution is 1.96. The van der Waals surface area contributed by atoms with Gasteiger partial charge in [-0.2, -0.15) is 0 Å². The molecule has 0 bridgehead atoms. The molecule has 0 unspecified atom stereocenters. The molecule has 0 heterocycles. The molecule has 0 atom stereocenters. The maximum absolute atomic E-state index is 9.98. The van der Waals surface area contributed by atoms with Crippen LogP contribution in [0.15, 0.2) is 0 Å². The van der Waals surface area contributed by atoms with E-state index in [1.807, 2.05) is 0 Å². The van der Waals surface area contributed by atoms with E-state index in [0.717, 1.165) is 0 Å². The second-order valence-corrected chi connectivity index (χ2v) is 1.92. The van der Waals surface area contributed by atoms with Crippen LogP contribution in [0.4, 0.5) is 4.79 Å². The number of hydrogen-bond acceptors (Lipinski definition) is 4. The van der Waals surface area contributed by atoms with Gasteiger partial charge in [-0.15, -0.1) is 0 Å². The summed E-state index contributed by atoms with van der Waals surface area (Å²) in [7, 11) is 0. The van der Waals surface area contributed by atoms with Gasteiger partial charge in [0.2, 0.25) is 0 Å². The summed E-state index contributed by atoms with van der Waals surface area (Å²) in [6.45, 7) is 4.44. The fourth-order valence-corrected chi connectivity index (χ4v) is 0.655. The number of ether oxygens (including phenoxy) is 3. The zero-order valence-electron chi connectivity index (χ0n) is 7.28. The lowest BCUT2D eigenvalue weighted by Gasteiger charge is -2.15. The molecular weight excluding hydrogens is 164 g/mol. The first kappa shape index (κ1) is 11.2. The predicted octanol–water partition coefficient (Wildman–Crippen LogP) is 1.08. The van der Waals surface area contributed by atoms with Crippen LogP contribution in [0.2, 0.25) is 0 Å². The highest BCUT2D eigenvalue weighted by Gasteiger charge is 2.09. The summed E-state index contributed by atoms with van der Waals surface area (Å²) in [5.41, 5.74) is 0. The molecule has 0 rings (SSSR count). The molecule has 0 aromatic heterocycles. The van der Waals surface area contributed by atoms with Crippen molar-refractivity contribution in [2.75, 3.05) is 19.8 Å². The molecule has 0 aliphatic rings. The highest BCUT2D eigenvalue weighted by molar-refractivity contribution is 5.56. The number of rotatable bonds is 6. The molecule has 0 spiro atoms. The van der Waals surface area contributed by atoms with Crippen LogP contribution in [0.5, 0.6) is 0 Å². The number of hydrogen-bond donors (Lipinski definition) is 1. The van der Waals surface area contributed by atoms with Gasteiger partial charge in [-0.05, 0) is 13.8 Å². The summed E-state index contributed by atoms with van der Waals surface area (Å²) in [6.07, 6.45) is -1.91. The minimum absolute atomic E-state index is 0.0863. The van der Waals surface area contributed by atoms with Crippen molar-refractivity contribution in [3.8, 4) is 0 Å². The van der Waals surface area contributed by atoms with Crippen LogP contribution in [0.25, 0.3) is 0 Å². The fourth-order valence-electron chi connectivity index (χ4n) is 0.655. The third-order valence-electron chi connectivity index (χ3n) is 1.05. The smallest absolute Gasteiger partial charge is 0.450 e. The molecule has 1 N–H and O–H groups in total. The van der Waals surface area contributed by atoms with Crippen molar-refractivity contribution in [1.82, 2.24) is 0 Å². The van der Waals surface area contributed by atoms with Crippen LogP contribution in [-0.2, 0) is 14.2 Å². The lowest BCUT2D eigenvalue weighted by atomic mass is 10.6. The van der Waals surface area contributed by atoms with Gasteiger partial charge in [0.05, 0.1) is 0 Å². The Morgan fingerprint density at radius 3 is 2.17 bits per heavy atom. The Labute approximate surface area is 71.2 Å². The molecule has 72 valence electrons. The van der Waals surface area contributed by atoms with Gasteiger partial charge in [0.15, 0.2) is 6.29 Å². The van der Waals surface area contributed by atoms with Crippen molar-refractivity contribution >= 4 is 6.16 Å². The fraction of sp³-hybridized carbons (Fsp3) is 0.857. The summed E-state index contributed by atoms with van der Waals surface area (Å²) in [5, 5.41) is 8.17. The third kappa shape index (κ3) is 5.94. The Balaban J connectivity index is 3.54. The molecule has 5 nitrogen and oxygen atoms in total. The summed E-state index contributed by atoms with van der Waals surface area (Å²) in [6, 6.07) is 0. The summed E-state index contributed by atoms with van der Waals surface area (Å²) in [5.74, 6) is 0. The SMILES string of the molecule is CCOC(COC(=O)O)OCC. The van der Waals surface area contributed by atoms with E-state index >= 15 is 0 Å².